The van der Waals surface area contributed by atoms with Crippen LogP contribution in [0.15, 0.2) is 16.8 Å². The lowest BCUT2D eigenvalue weighted by Gasteiger charge is -2.35. The van der Waals surface area contributed by atoms with E-state index in [1.54, 1.807) is 11.3 Å². The molecule has 0 saturated carbocycles. The number of hydrogen-bond donors (Lipinski definition) is 2. The summed E-state index contributed by atoms with van der Waals surface area (Å²) in [7, 11) is 0. The number of rotatable bonds is 3. The van der Waals surface area contributed by atoms with Gasteiger partial charge in [-0.15, -0.1) is 0 Å². The molecule has 5 nitrogen and oxygen atoms in total. The molecule has 2 rings (SSSR count). The van der Waals surface area contributed by atoms with Crippen LogP contribution in [0.1, 0.15) is 25.3 Å². The number of aliphatic carboxylic acids is 1. The Hall–Kier alpha value is -1.56. The van der Waals surface area contributed by atoms with Gasteiger partial charge in [0.1, 0.15) is 6.04 Å². The molecule has 1 fully saturated rings. The zero-order valence-corrected chi connectivity index (χ0v) is 11.7. The Morgan fingerprint density at radius 1 is 1.58 bits per heavy atom. The highest BCUT2D eigenvalue weighted by atomic mass is 32.1. The average Bonchev–Trinajstić information content (AvgIpc) is 2.88. The van der Waals surface area contributed by atoms with Crippen LogP contribution in [0, 0.1) is 5.92 Å². The predicted octanol–water partition coefficient (Wildman–Crippen LogP) is 2.14. The molecule has 2 N–H and O–H groups in total. The van der Waals surface area contributed by atoms with Gasteiger partial charge < -0.3 is 15.3 Å². The Labute approximate surface area is 116 Å². The van der Waals surface area contributed by atoms with Crippen LogP contribution in [0.5, 0.6) is 0 Å². The van der Waals surface area contributed by atoms with E-state index in [2.05, 4.69) is 5.32 Å². The molecule has 0 aromatic carbocycles. The fourth-order valence-corrected chi connectivity index (χ4v) is 2.96. The van der Waals surface area contributed by atoms with Crippen molar-refractivity contribution in [1.82, 2.24) is 10.2 Å². The molecule has 19 heavy (non-hydrogen) atoms. The molecule has 2 unspecified atom stereocenters. The van der Waals surface area contributed by atoms with Crippen molar-refractivity contribution in [2.45, 2.75) is 32.4 Å². The van der Waals surface area contributed by atoms with Crippen molar-refractivity contribution in [1.29, 1.82) is 0 Å². The first kappa shape index (κ1) is 13.9. The molecule has 0 radical (unpaired) electrons. The summed E-state index contributed by atoms with van der Waals surface area (Å²) in [6.45, 7) is 2.98. The number of likely N-dealkylation sites (tertiary alicyclic amines) is 1. The van der Waals surface area contributed by atoms with Gasteiger partial charge in [0.15, 0.2) is 0 Å². The van der Waals surface area contributed by atoms with Gasteiger partial charge in [-0.05, 0) is 41.1 Å². The van der Waals surface area contributed by atoms with Crippen LogP contribution in [0.2, 0.25) is 0 Å². The number of carboxylic acid groups (broad SMARTS) is 1. The van der Waals surface area contributed by atoms with Crippen LogP contribution in [-0.4, -0.2) is 34.6 Å². The molecule has 1 aromatic rings. The summed E-state index contributed by atoms with van der Waals surface area (Å²) in [6, 6.07) is 0.953. The van der Waals surface area contributed by atoms with E-state index in [0.717, 1.165) is 12.0 Å². The minimum absolute atomic E-state index is 0.287. The summed E-state index contributed by atoms with van der Waals surface area (Å²) in [5.41, 5.74) is 1.04. The van der Waals surface area contributed by atoms with Crippen molar-refractivity contribution in [2.75, 3.05) is 6.54 Å². The van der Waals surface area contributed by atoms with Crippen molar-refractivity contribution in [2.24, 2.45) is 5.92 Å². The first-order valence-corrected chi connectivity index (χ1v) is 7.30. The first-order valence-electron chi connectivity index (χ1n) is 6.36. The van der Waals surface area contributed by atoms with E-state index in [0.29, 0.717) is 25.4 Å². The molecule has 0 spiro atoms. The molecule has 0 bridgehead atoms. The van der Waals surface area contributed by atoms with Crippen molar-refractivity contribution in [3.8, 4) is 0 Å². The number of amides is 2. The highest BCUT2D eigenvalue weighted by molar-refractivity contribution is 7.07. The Bertz CT molecular complexity index is 447. The second-order valence-electron chi connectivity index (χ2n) is 4.97. The molecule has 6 heteroatoms. The number of hydrogen-bond acceptors (Lipinski definition) is 3. The van der Waals surface area contributed by atoms with E-state index in [-0.39, 0.29) is 6.03 Å². The third-order valence-corrected chi connectivity index (χ3v) is 4.17. The van der Waals surface area contributed by atoms with E-state index in [1.807, 2.05) is 23.8 Å². The second-order valence-corrected chi connectivity index (χ2v) is 5.75. The Morgan fingerprint density at radius 2 is 2.37 bits per heavy atom. The summed E-state index contributed by atoms with van der Waals surface area (Å²) in [5, 5.41) is 15.9. The van der Waals surface area contributed by atoms with E-state index >= 15 is 0 Å². The third-order valence-electron chi connectivity index (χ3n) is 3.43. The summed E-state index contributed by atoms with van der Waals surface area (Å²) >= 11 is 1.57. The molecule has 1 saturated heterocycles. The van der Waals surface area contributed by atoms with Crippen molar-refractivity contribution in [3.05, 3.63) is 22.4 Å². The van der Waals surface area contributed by atoms with Crippen LogP contribution >= 0.6 is 11.3 Å². The van der Waals surface area contributed by atoms with E-state index in [9.17, 15) is 14.7 Å². The SMILES string of the molecule is CC1CCN(C(=O)NCc2ccsc2)C(C(=O)O)C1. The largest absolute Gasteiger partial charge is 0.480 e. The van der Waals surface area contributed by atoms with Crippen LogP contribution in [0.25, 0.3) is 0 Å². The van der Waals surface area contributed by atoms with Gasteiger partial charge in [0, 0.05) is 13.1 Å². The number of carbonyl (C=O) groups excluding carboxylic acids is 1. The molecular formula is C13H18N2O3S. The third kappa shape index (κ3) is 3.47. The number of carbonyl (C=O) groups is 2. The molecule has 2 atom stereocenters. The van der Waals surface area contributed by atoms with Gasteiger partial charge in [-0.3, -0.25) is 0 Å². The lowest BCUT2D eigenvalue weighted by Crippen LogP contribution is -2.53. The number of piperidine rings is 1. The number of thiophene rings is 1. The average molecular weight is 282 g/mol. The maximum Gasteiger partial charge on any atom is 0.326 e. The molecule has 1 aliphatic rings. The zero-order chi connectivity index (χ0) is 13.8. The fourth-order valence-electron chi connectivity index (χ4n) is 2.29. The van der Waals surface area contributed by atoms with Crippen LogP contribution in [0.3, 0.4) is 0 Å². The van der Waals surface area contributed by atoms with Gasteiger partial charge in [-0.2, -0.15) is 11.3 Å². The number of nitrogens with one attached hydrogen (secondary N) is 1. The summed E-state index contributed by atoms with van der Waals surface area (Å²) in [4.78, 5) is 24.7. The van der Waals surface area contributed by atoms with E-state index in [4.69, 9.17) is 0 Å². The normalized spacial score (nSPS) is 23.1. The molecule has 1 aliphatic heterocycles. The standard InChI is InChI=1S/C13H18N2O3S/c1-9-2-4-15(11(6-9)12(16)17)13(18)14-7-10-3-5-19-8-10/h3,5,8-9,11H,2,4,6-7H2,1H3,(H,14,18)(H,16,17). The highest BCUT2D eigenvalue weighted by Gasteiger charge is 2.34. The van der Waals surface area contributed by atoms with Gasteiger partial charge in [0.05, 0.1) is 0 Å². The molecule has 1 aromatic heterocycles. The predicted molar refractivity (Wildman–Crippen MR) is 73.1 cm³/mol. The zero-order valence-electron chi connectivity index (χ0n) is 10.8. The van der Waals surface area contributed by atoms with Crippen LogP contribution in [-0.2, 0) is 11.3 Å². The molecule has 0 aliphatic carbocycles. The van der Waals surface area contributed by atoms with Crippen molar-refractivity contribution >= 4 is 23.3 Å². The maximum atomic E-state index is 12.1. The monoisotopic (exact) mass is 282 g/mol. The Morgan fingerprint density at radius 3 is 3.00 bits per heavy atom. The van der Waals surface area contributed by atoms with Crippen molar-refractivity contribution < 1.29 is 14.7 Å². The number of urea groups is 1. The maximum absolute atomic E-state index is 12.1. The van der Waals surface area contributed by atoms with Gasteiger partial charge >= 0.3 is 12.0 Å². The minimum Gasteiger partial charge on any atom is -0.480 e. The van der Waals surface area contributed by atoms with Crippen molar-refractivity contribution in [3.63, 3.8) is 0 Å². The van der Waals surface area contributed by atoms with Gasteiger partial charge in [0.25, 0.3) is 0 Å². The van der Waals surface area contributed by atoms with E-state index < -0.39 is 12.0 Å². The number of nitrogens with zero attached hydrogens (tertiary/aromatic N) is 1. The smallest absolute Gasteiger partial charge is 0.326 e. The molecule has 2 heterocycles. The lowest BCUT2D eigenvalue weighted by atomic mass is 9.93. The summed E-state index contributed by atoms with van der Waals surface area (Å²) < 4.78 is 0. The van der Waals surface area contributed by atoms with Gasteiger partial charge in [-0.25, -0.2) is 9.59 Å². The van der Waals surface area contributed by atoms with Crippen LogP contribution < -0.4 is 5.32 Å². The van der Waals surface area contributed by atoms with Crippen LogP contribution in [0.4, 0.5) is 4.79 Å². The highest BCUT2D eigenvalue weighted by Crippen LogP contribution is 2.22. The Kier molecular flexibility index (Phi) is 4.42. The first-order chi connectivity index (χ1) is 9.08. The fraction of sp³-hybridized carbons (Fsp3) is 0.538. The molecule has 104 valence electrons. The van der Waals surface area contributed by atoms with E-state index in [1.165, 1.54) is 4.90 Å². The minimum atomic E-state index is -0.919. The number of carboxylic acids is 1. The quantitative estimate of drug-likeness (QED) is 0.892. The molecular weight excluding hydrogens is 264 g/mol. The van der Waals surface area contributed by atoms with Gasteiger partial charge in [0.2, 0.25) is 0 Å². The lowest BCUT2D eigenvalue weighted by molar-refractivity contribution is -0.143. The summed E-state index contributed by atoms with van der Waals surface area (Å²) in [6.07, 6.45) is 1.39. The van der Waals surface area contributed by atoms with Gasteiger partial charge in [-0.1, -0.05) is 6.92 Å². The Balaban J connectivity index is 1.94. The second kappa shape index (κ2) is 6.06. The molecule has 2 amide bonds. The topological polar surface area (TPSA) is 69.6 Å². The summed E-state index contributed by atoms with van der Waals surface area (Å²) in [5.74, 6) is -0.570.